The molecule has 0 bridgehead atoms. The number of fused-ring (bicyclic) bond motifs is 2. The predicted molar refractivity (Wildman–Crippen MR) is 125 cm³/mol. The highest BCUT2D eigenvalue weighted by molar-refractivity contribution is 6.62. The first-order valence-corrected chi connectivity index (χ1v) is 11.9. The van der Waals surface area contributed by atoms with E-state index in [2.05, 4.69) is 0 Å². The van der Waals surface area contributed by atoms with Crippen molar-refractivity contribution < 1.29 is 37.1 Å². The average Bonchev–Trinajstić information content (AvgIpc) is 3.45. The summed E-state index contributed by atoms with van der Waals surface area (Å²) in [5.74, 6) is -1.14. The molecule has 0 N–H and O–H groups in total. The summed E-state index contributed by atoms with van der Waals surface area (Å²) in [4.78, 5) is 11.7. The summed E-state index contributed by atoms with van der Waals surface area (Å²) in [5, 5.41) is 0. The Bertz CT molecular complexity index is 1160. The van der Waals surface area contributed by atoms with Crippen LogP contribution in [0.1, 0.15) is 69.2 Å². The third-order valence-electron chi connectivity index (χ3n) is 7.67. The topological polar surface area (TPSA) is 63.2 Å². The molecule has 3 aliphatic rings. The second-order valence-electron chi connectivity index (χ2n) is 10.4. The lowest BCUT2D eigenvalue weighted by Gasteiger charge is -2.32. The average molecular weight is 486 g/mol. The normalized spacial score (nSPS) is 23.6. The Balaban J connectivity index is 1.41. The van der Waals surface area contributed by atoms with Gasteiger partial charge in [-0.1, -0.05) is 6.07 Å². The van der Waals surface area contributed by atoms with Crippen molar-refractivity contribution in [3.05, 3.63) is 52.6 Å². The van der Waals surface area contributed by atoms with Crippen LogP contribution in [0.25, 0.3) is 0 Å². The standard InChI is InChI=1S/C26H29BF2O6/c1-25(2)26(3,4)35-27(34-25)18-12-19(28)24(29)23-17(18)8-9-20(23)33-15-6-7-16-14(10-22(30)31-5)13-32-21(16)11-15/h6-7,11-12,14,20H,8-10,13H2,1-5H3. The van der Waals surface area contributed by atoms with Gasteiger partial charge in [-0.25, -0.2) is 8.78 Å². The van der Waals surface area contributed by atoms with Gasteiger partial charge in [0.15, 0.2) is 11.6 Å². The van der Waals surface area contributed by atoms with Gasteiger partial charge >= 0.3 is 13.1 Å². The first-order chi connectivity index (χ1) is 16.5. The van der Waals surface area contributed by atoms with Gasteiger partial charge in [-0.3, -0.25) is 4.79 Å². The first kappa shape index (κ1) is 24.1. The molecule has 1 saturated heterocycles. The molecule has 2 aromatic carbocycles. The van der Waals surface area contributed by atoms with Crippen LogP contribution in [0.5, 0.6) is 11.5 Å². The van der Waals surface area contributed by atoms with Crippen LogP contribution in [0.3, 0.4) is 0 Å². The van der Waals surface area contributed by atoms with Crippen LogP contribution in [-0.2, 0) is 25.3 Å². The zero-order chi connectivity index (χ0) is 25.1. The van der Waals surface area contributed by atoms with Gasteiger partial charge in [0.2, 0.25) is 0 Å². The minimum absolute atomic E-state index is 0.0901. The fourth-order valence-corrected chi connectivity index (χ4v) is 4.98. The number of carbonyl (C=O) groups is 1. The van der Waals surface area contributed by atoms with Crippen molar-refractivity contribution in [2.24, 2.45) is 0 Å². The Morgan fingerprint density at radius 1 is 1.14 bits per heavy atom. The number of esters is 1. The molecule has 2 aromatic rings. The van der Waals surface area contributed by atoms with E-state index in [0.29, 0.717) is 42.0 Å². The van der Waals surface area contributed by atoms with E-state index in [0.717, 1.165) is 5.56 Å². The van der Waals surface area contributed by atoms with Crippen molar-refractivity contribution in [3.8, 4) is 11.5 Å². The summed E-state index contributed by atoms with van der Waals surface area (Å²) in [6, 6.07) is 6.53. The van der Waals surface area contributed by atoms with Crippen LogP contribution in [0.2, 0.25) is 0 Å². The molecule has 186 valence electrons. The fraction of sp³-hybridized carbons (Fsp3) is 0.500. The second kappa shape index (κ2) is 8.48. The Hall–Kier alpha value is -2.65. The van der Waals surface area contributed by atoms with E-state index in [-0.39, 0.29) is 23.9 Å². The molecule has 1 fully saturated rings. The van der Waals surface area contributed by atoms with Gasteiger partial charge in [0, 0.05) is 23.1 Å². The molecule has 2 atom stereocenters. The molecule has 2 heterocycles. The van der Waals surface area contributed by atoms with Gasteiger partial charge < -0.3 is 23.5 Å². The van der Waals surface area contributed by atoms with Gasteiger partial charge in [-0.15, -0.1) is 0 Å². The zero-order valence-electron chi connectivity index (χ0n) is 20.6. The van der Waals surface area contributed by atoms with E-state index in [1.807, 2.05) is 33.8 Å². The van der Waals surface area contributed by atoms with Crippen molar-refractivity contribution in [1.29, 1.82) is 0 Å². The molecule has 0 spiro atoms. The molecule has 6 nitrogen and oxygen atoms in total. The van der Waals surface area contributed by atoms with E-state index < -0.39 is 36.1 Å². The first-order valence-electron chi connectivity index (χ1n) is 11.9. The van der Waals surface area contributed by atoms with Gasteiger partial charge in [-0.2, -0.15) is 0 Å². The highest BCUT2D eigenvalue weighted by Crippen LogP contribution is 2.43. The Morgan fingerprint density at radius 2 is 1.86 bits per heavy atom. The number of carbonyl (C=O) groups excluding carboxylic acids is 1. The monoisotopic (exact) mass is 486 g/mol. The van der Waals surface area contributed by atoms with Crippen LogP contribution in [0.4, 0.5) is 8.78 Å². The molecule has 1 aliphatic carbocycles. The molecule has 35 heavy (non-hydrogen) atoms. The SMILES string of the molecule is COC(=O)CC1COc2cc(OC3CCc4c(B5OC(C)(C)C(C)(C)O5)cc(F)c(F)c43)ccc21. The number of benzene rings is 2. The molecular weight excluding hydrogens is 457 g/mol. The summed E-state index contributed by atoms with van der Waals surface area (Å²) in [7, 11) is 0.568. The number of methoxy groups -OCH3 is 1. The lowest BCUT2D eigenvalue weighted by molar-refractivity contribution is -0.141. The third-order valence-corrected chi connectivity index (χ3v) is 7.67. The molecule has 9 heteroatoms. The van der Waals surface area contributed by atoms with Crippen LogP contribution < -0.4 is 14.9 Å². The van der Waals surface area contributed by atoms with Gasteiger partial charge in [0.05, 0.1) is 31.3 Å². The van der Waals surface area contributed by atoms with Crippen LogP contribution >= 0.6 is 0 Å². The third kappa shape index (κ3) is 4.08. The smallest absolute Gasteiger partial charge is 0.492 e. The van der Waals surface area contributed by atoms with E-state index in [1.54, 1.807) is 12.1 Å². The molecule has 2 aliphatic heterocycles. The number of halogens is 2. The molecule has 0 aromatic heterocycles. The molecule has 2 unspecified atom stereocenters. The van der Waals surface area contributed by atoms with Crippen molar-refractivity contribution >= 4 is 18.6 Å². The van der Waals surface area contributed by atoms with Crippen molar-refractivity contribution in [1.82, 2.24) is 0 Å². The summed E-state index contributed by atoms with van der Waals surface area (Å²) in [5.41, 5.74) is 1.09. The molecule has 0 saturated carbocycles. The fourth-order valence-electron chi connectivity index (χ4n) is 4.98. The van der Waals surface area contributed by atoms with Crippen molar-refractivity contribution in [2.75, 3.05) is 13.7 Å². The molecule has 5 rings (SSSR count). The largest absolute Gasteiger partial charge is 0.495 e. The van der Waals surface area contributed by atoms with Crippen LogP contribution in [-0.4, -0.2) is 38.0 Å². The lowest BCUT2D eigenvalue weighted by Crippen LogP contribution is -2.41. The number of hydrogen-bond acceptors (Lipinski definition) is 6. The highest BCUT2D eigenvalue weighted by atomic mass is 19.2. The van der Waals surface area contributed by atoms with E-state index in [9.17, 15) is 9.18 Å². The van der Waals surface area contributed by atoms with Gasteiger partial charge in [-0.05, 0) is 63.7 Å². The van der Waals surface area contributed by atoms with E-state index in [1.165, 1.54) is 13.2 Å². The Morgan fingerprint density at radius 3 is 2.54 bits per heavy atom. The lowest BCUT2D eigenvalue weighted by atomic mass is 9.74. The van der Waals surface area contributed by atoms with Crippen LogP contribution in [0.15, 0.2) is 24.3 Å². The van der Waals surface area contributed by atoms with Crippen molar-refractivity contribution in [2.45, 2.75) is 70.2 Å². The van der Waals surface area contributed by atoms with Gasteiger partial charge in [0.1, 0.15) is 17.6 Å². The summed E-state index contributed by atoms with van der Waals surface area (Å²) in [6.45, 7) is 8.06. The van der Waals surface area contributed by atoms with Crippen molar-refractivity contribution in [3.63, 3.8) is 0 Å². The number of rotatable bonds is 5. The minimum Gasteiger partial charge on any atom is -0.492 e. The second-order valence-corrected chi connectivity index (χ2v) is 10.4. The van der Waals surface area contributed by atoms with E-state index >= 15 is 4.39 Å². The number of hydrogen-bond donors (Lipinski definition) is 0. The minimum atomic E-state index is -0.952. The summed E-state index contributed by atoms with van der Waals surface area (Å²) >= 11 is 0. The summed E-state index contributed by atoms with van der Waals surface area (Å²) in [6.07, 6.45) is 0.572. The maximum Gasteiger partial charge on any atom is 0.495 e. The molecular formula is C26H29BF2O6. The maximum atomic E-state index is 15.0. The van der Waals surface area contributed by atoms with Gasteiger partial charge in [0.25, 0.3) is 0 Å². The zero-order valence-corrected chi connectivity index (χ0v) is 20.6. The van der Waals surface area contributed by atoms with Crippen LogP contribution in [0, 0.1) is 11.6 Å². The van der Waals surface area contributed by atoms with E-state index in [4.69, 9.17) is 23.5 Å². The Kier molecular flexibility index (Phi) is 5.83. The maximum absolute atomic E-state index is 15.0. The Labute approximate surface area is 204 Å². The molecule has 0 radical (unpaired) electrons. The predicted octanol–water partition coefficient (Wildman–Crippen LogP) is 4.37. The quantitative estimate of drug-likeness (QED) is 0.462. The molecule has 0 amide bonds. The highest BCUT2D eigenvalue weighted by Gasteiger charge is 2.53. The number of ether oxygens (including phenoxy) is 3. The summed E-state index contributed by atoms with van der Waals surface area (Å²) < 4.78 is 58.7.